The van der Waals surface area contributed by atoms with Gasteiger partial charge in [0.15, 0.2) is 0 Å². The molecule has 0 aliphatic carbocycles. The molecule has 4 heteroatoms. The number of hydrogen-bond acceptors (Lipinski definition) is 2. The Morgan fingerprint density at radius 3 is 3.00 bits per heavy atom. The normalized spacial score (nSPS) is 13.5. The number of likely N-dealkylation sites (N-methyl/N-ethyl adjacent to an activating group) is 1. The second kappa shape index (κ2) is 5.04. The third-order valence-electron chi connectivity index (χ3n) is 3.00. The van der Waals surface area contributed by atoms with E-state index < -0.39 is 0 Å². The Labute approximate surface area is 106 Å². The fourth-order valence-electron chi connectivity index (χ4n) is 2.01. The van der Waals surface area contributed by atoms with Gasteiger partial charge in [-0.25, -0.2) is 0 Å². The van der Waals surface area contributed by atoms with Crippen LogP contribution in [-0.2, 0) is 11.2 Å². The van der Waals surface area contributed by atoms with Crippen molar-refractivity contribution in [1.82, 2.24) is 4.90 Å². The van der Waals surface area contributed by atoms with Crippen LogP contribution in [0, 0.1) is 0 Å². The van der Waals surface area contributed by atoms with Crippen molar-refractivity contribution in [2.75, 3.05) is 18.9 Å². The first-order chi connectivity index (χ1) is 8.61. The summed E-state index contributed by atoms with van der Waals surface area (Å²) < 4.78 is 0. The first-order valence-corrected chi connectivity index (χ1v) is 5.91. The van der Waals surface area contributed by atoms with Crippen molar-refractivity contribution in [2.24, 2.45) is 0 Å². The van der Waals surface area contributed by atoms with Crippen molar-refractivity contribution < 1.29 is 9.59 Å². The van der Waals surface area contributed by atoms with Crippen LogP contribution in [0.3, 0.4) is 0 Å². The smallest absolute Gasteiger partial charge is 0.253 e. The Balaban J connectivity index is 2.23. The van der Waals surface area contributed by atoms with Gasteiger partial charge in [0, 0.05) is 31.3 Å². The van der Waals surface area contributed by atoms with Gasteiger partial charge in [-0.2, -0.15) is 0 Å². The highest BCUT2D eigenvalue weighted by molar-refractivity contribution is 5.97. The van der Waals surface area contributed by atoms with Crippen molar-refractivity contribution >= 4 is 17.5 Å². The first kappa shape index (κ1) is 12.4. The predicted molar refractivity (Wildman–Crippen MR) is 70.6 cm³/mol. The fraction of sp³-hybridized carbons (Fsp3) is 0.286. The van der Waals surface area contributed by atoms with Gasteiger partial charge in [0.25, 0.3) is 5.91 Å². The highest BCUT2D eigenvalue weighted by Gasteiger charge is 2.17. The number of nitrogens with zero attached hydrogens (tertiary/aromatic N) is 1. The zero-order valence-corrected chi connectivity index (χ0v) is 10.4. The van der Waals surface area contributed by atoms with Crippen LogP contribution in [0.15, 0.2) is 30.9 Å². The maximum absolute atomic E-state index is 12.1. The molecule has 2 amide bonds. The molecule has 0 unspecified atom stereocenters. The molecule has 0 radical (unpaired) electrons. The Morgan fingerprint density at radius 2 is 2.28 bits per heavy atom. The average Bonchev–Trinajstić information content (AvgIpc) is 2.37. The second-order valence-electron chi connectivity index (χ2n) is 4.39. The molecule has 0 bridgehead atoms. The van der Waals surface area contributed by atoms with E-state index >= 15 is 0 Å². The molecule has 0 atom stereocenters. The SMILES string of the molecule is C=CCN(C)C(=O)c1ccc2c(c1)CCC(=O)N2. The molecule has 94 valence electrons. The number of rotatable bonds is 3. The summed E-state index contributed by atoms with van der Waals surface area (Å²) in [5.74, 6) is -0.0000445. The van der Waals surface area contributed by atoms with Crippen LogP contribution in [0.1, 0.15) is 22.3 Å². The monoisotopic (exact) mass is 244 g/mol. The van der Waals surface area contributed by atoms with Crippen LogP contribution < -0.4 is 5.32 Å². The number of amides is 2. The van der Waals surface area contributed by atoms with Crippen molar-refractivity contribution in [3.63, 3.8) is 0 Å². The molecule has 1 aromatic rings. The van der Waals surface area contributed by atoms with Gasteiger partial charge in [-0.15, -0.1) is 6.58 Å². The summed E-state index contributed by atoms with van der Waals surface area (Å²) in [5.41, 5.74) is 2.48. The van der Waals surface area contributed by atoms with Crippen LogP contribution in [0.5, 0.6) is 0 Å². The highest BCUT2D eigenvalue weighted by atomic mass is 16.2. The maximum atomic E-state index is 12.1. The third kappa shape index (κ3) is 2.42. The summed E-state index contributed by atoms with van der Waals surface area (Å²) >= 11 is 0. The quantitative estimate of drug-likeness (QED) is 0.825. The lowest BCUT2D eigenvalue weighted by Crippen LogP contribution is -2.27. The van der Waals surface area contributed by atoms with Crippen LogP contribution in [-0.4, -0.2) is 30.3 Å². The fourth-order valence-corrected chi connectivity index (χ4v) is 2.01. The zero-order chi connectivity index (χ0) is 13.1. The number of hydrogen-bond donors (Lipinski definition) is 1. The molecule has 1 aliphatic heterocycles. The molecule has 4 nitrogen and oxygen atoms in total. The lowest BCUT2D eigenvalue weighted by Gasteiger charge is -2.19. The molecule has 1 aromatic carbocycles. The molecule has 0 saturated carbocycles. The molecule has 1 N–H and O–H groups in total. The van der Waals surface area contributed by atoms with E-state index in [0.717, 1.165) is 11.3 Å². The van der Waals surface area contributed by atoms with Gasteiger partial charge in [-0.1, -0.05) is 6.08 Å². The largest absolute Gasteiger partial charge is 0.338 e. The number of anilines is 1. The average molecular weight is 244 g/mol. The summed E-state index contributed by atoms with van der Waals surface area (Å²) in [5, 5.41) is 2.80. The number of benzene rings is 1. The van der Waals surface area contributed by atoms with Gasteiger partial charge >= 0.3 is 0 Å². The molecule has 0 fully saturated rings. The summed E-state index contributed by atoms with van der Waals surface area (Å²) in [6.07, 6.45) is 2.86. The Morgan fingerprint density at radius 1 is 1.50 bits per heavy atom. The van der Waals surface area contributed by atoms with Crippen molar-refractivity contribution in [3.8, 4) is 0 Å². The standard InChI is InChI=1S/C14H16N2O2/c1-3-8-16(2)14(18)11-4-6-12-10(9-11)5-7-13(17)15-12/h3-4,6,9H,1,5,7-8H2,2H3,(H,15,17). The van der Waals surface area contributed by atoms with Crippen LogP contribution in [0.4, 0.5) is 5.69 Å². The third-order valence-corrected chi connectivity index (χ3v) is 3.00. The number of carbonyl (C=O) groups excluding carboxylic acids is 2. The van der Waals surface area contributed by atoms with Crippen LogP contribution >= 0.6 is 0 Å². The van der Waals surface area contributed by atoms with E-state index in [9.17, 15) is 9.59 Å². The van der Waals surface area contributed by atoms with Crippen LogP contribution in [0.2, 0.25) is 0 Å². The van der Waals surface area contributed by atoms with E-state index in [2.05, 4.69) is 11.9 Å². The molecule has 0 aromatic heterocycles. The first-order valence-electron chi connectivity index (χ1n) is 5.91. The minimum Gasteiger partial charge on any atom is -0.338 e. The summed E-state index contributed by atoms with van der Waals surface area (Å²) in [4.78, 5) is 24.9. The van der Waals surface area contributed by atoms with E-state index in [1.165, 1.54) is 0 Å². The Bertz CT molecular complexity index is 509. The topological polar surface area (TPSA) is 49.4 Å². The molecule has 18 heavy (non-hydrogen) atoms. The second-order valence-corrected chi connectivity index (χ2v) is 4.39. The summed E-state index contributed by atoms with van der Waals surface area (Å²) in [6, 6.07) is 5.39. The molecule has 2 rings (SSSR count). The van der Waals surface area contributed by atoms with Crippen molar-refractivity contribution in [3.05, 3.63) is 42.0 Å². The summed E-state index contributed by atoms with van der Waals surface area (Å²) in [6.45, 7) is 4.13. The minimum atomic E-state index is -0.0328. The van der Waals surface area contributed by atoms with Crippen LogP contribution in [0.25, 0.3) is 0 Å². The number of carbonyl (C=O) groups is 2. The van der Waals surface area contributed by atoms with E-state index in [0.29, 0.717) is 24.9 Å². The lowest BCUT2D eigenvalue weighted by atomic mass is 10.00. The molecular weight excluding hydrogens is 228 g/mol. The van der Waals surface area contributed by atoms with Gasteiger partial charge in [0.05, 0.1) is 0 Å². The van der Waals surface area contributed by atoms with Crippen molar-refractivity contribution in [2.45, 2.75) is 12.8 Å². The van der Waals surface area contributed by atoms with Gasteiger partial charge in [0.1, 0.15) is 0 Å². The number of nitrogens with one attached hydrogen (secondary N) is 1. The van der Waals surface area contributed by atoms with E-state index in [1.807, 2.05) is 6.07 Å². The highest BCUT2D eigenvalue weighted by Crippen LogP contribution is 2.23. The van der Waals surface area contributed by atoms with Gasteiger partial charge in [0.2, 0.25) is 5.91 Å². The lowest BCUT2D eigenvalue weighted by molar-refractivity contribution is -0.116. The van der Waals surface area contributed by atoms with E-state index in [1.54, 1.807) is 30.2 Å². The Kier molecular flexibility index (Phi) is 3.46. The maximum Gasteiger partial charge on any atom is 0.253 e. The predicted octanol–water partition coefficient (Wildman–Crippen LogP) is 1.83. The Hall–Kier alpha value is -2.10. The minimum absolute atomic E-state index is 0.0327. The van der Waals surface area contributed by atoms with Crippen molar-refractivity contribution in [1.29, 1.82) is 0 Å². The molecular formula is C14H16N2O2. The molecule has 1 aliphatic rings. The zero-order valence-electron chi connectivity index (χ0n) is 10.4. The molecule has 0 saturated heterocycles. The molecule has 1 heterocycles. The summed E-state index contributed by atoms with van der Waals surface area (Å²) in [7, 11) is 1.74. The molecule has 0 spiro atoms. The number of aryl methyl sites for hydroxylation is 1. The van der Waals surface area contributed by atoms with Gasteiger partial charge in [-0.05, 0) is 30.2 Å². The van der Waals surface area contributed by atoms with E-state index in [4.69, 9.17) is 0 Å². The van der Waals surface area contributed by atoms with E-state index in [-0.39, 0.29) is 11.8 Å². The van der Waals surface area contributed by atoms with Gasteiger partial charge in [-0.3, -0.25) is 9.59 Å². The number of fused-ring (bicyclic) bond motifs is 1. The van der Waals surface area contributed by atoms with Gasteiger partial charge < -0.3 is 10.2 Å².